The molecule has 0 amide bonds. The minimum Gasteiger partial charge on any atom is -0.370 e. The third-order valence-corrected chi connectivity index (χ3v) is 9.12. The largest absolute Gasteiger partial charge is 0.370 e. The molecule has 3 aromatic rings. The molecule has 2 aliphatic heterocycles. The second-order valence-corrected chi connectivity index (χ2v) is 11.8. The van der Waals surface area contributed by atoms with Crippen LogP contribution in [0, 0.1) is 5.92 Å². The first kappa shape index (κ1) is 24.7. The van der Waals surface area contributed by atoms with E-state index >= 15 is 0 Å². The summed E-state index contributed by atoms with van der Waals surface area (Å²) in [6, 6.07) is 15.3. The average Bonchev–Trinajstić information content (AvgIpc) is 3.55. The maximum atomic E-state index is 6.93. The topological polar surface area (TPSA) is 36.3 Å². The molecule has 4 heterocycles. The van der Waals surface area contributed by atoms with Gasteiger partial charge in [-0.1, -0.05) is 43.9 Å². The zero-order valence-corrected chi connectivity index (χ0v) is 23.1. The Morgan fingerprint density at radius 2 is 1.81 bits per heavy atom. The number of piperidine rings is 1. The molecule has 2 saturated heterocycles. The van der Waals surface area contributed by atoms with Crippen molar-refractivity contribution in [2.75, 3.05) is 22.9 Å². The number of thiocarbonyl (C=S) groups is 1. The highest BCUT2D eigenvalue weighted by Gasteiger charge is 2.41. The number of nitrogens with one attached hydrogen (secondary N) is 1. The quantitative estimate of drug-likeness (QED) is 0.344. The summed E-state index contributed by atoms with van der Waals surface area (Å²) in [5, 5.41) is 5.09. The summed E-state index contributed by atoms with van der Waals surface area (Å²) in [7, 11) is 0. The third kappa shape index (κ3) is 4.98. The van der Waals surface area contributed by atoms with Crippen LogP contribution in [0.15, 0.2) is 61.1 Å². The van der Waals surface area contributed by atoms with Gasteiger partial charge < -0.3 is 19.7 Å². The summed E-state index contributed by atoms with van der Waals surface area (Å²) in [6.07, 6.45) is 15.4. The van der Waals surface area contributed by atoms with Gasteiger partial charge in [-0.15, -0.1) is 0 Å². The normalized spacial score (nSPS) is 23.5. The Kier molecular flexibility index (Phi) is 7.13. The summed E-state index contributed by atoms with van der Waals surface area (Å²) in [5.41, 5.74) is 4.38. The van der Waals surface area contributed by atoms with Crippen LogP contribution in [0.3, 0.4) is 0 Å². The van der Waals surface area contributed by atoms with Crippen LogP contribution in [0.1, 0.15) is 81.3 Å². The van der Waals surface area contributed by atoms with Gasteiger partial charge in [0.05, 0.1) is 28.5 Å². The predicted octanol–water partition coefficient (Wildman–Crippen LogP) is 7.46. The van der Waals surface area contributed by atoms with Gasteiger partial charge in [-0.3, -0.25) is 4.98 Å². The Morgan fingerprint density at radius 1 is 1.00 bits per heavy atom. The summed E-state index contributed by atoms with van der Waals surface area (Å²) >= 11 is 12.9. The maximum absolute atomic E-state index is 6.93. The van der Waals surface area contributed by atoms with Gasteiger partial charge in [-0.2, -0.15) is 0 Å². The van der Waals surface area contributed by atoms with Gasteiger partial charge in [0.25, 0.3) is 0 Å². The molecule has 0 unspecified atom stereocenters. The van der Waals surface area contributed by atoms with Gasteiger partial charge in [0, 0.05) is 43.4 Å². The third-order valence-electron chi connectivity index (χ3n) is 8.51. The Morgan fingerprint density at radius 3 is 2.54 bits per heavy atom. The molecule has 2 aromatic heterocycles. The molecule has 194 valence electrons. The molecule has 0 radical (unpaired) electrons. The number of aromatic nitrogens is 2. The minimum absolute atomic E-state index is 0.00927. The highest BCUT2D eigenvalue weighted by molar-refractivity contribution is 7.80. The van der Waals surface area contributed by atoms with Crippen LogP contribution < -0.4 is 15.1 Å². The van der Waals surface area contributed by atoms with E-state index in [0.717, 1.165) is 41.1 Å². The number of anilines is 2. The van der Waals surface area contributed by atoms with Crippen LogP contribution in [-0.4, -0.2) is 27.8 Å². The molecule has 6 rings (SSSR count). The van der Waals surface area contributed by atoms with E-state index in [1.54, 1.807) is 0 Å². The number of pyridine rings is 1. The van der Waals surface area contributed by atoms with E-state index in [1.807, 2.05) is 18.3 Å². The van der Waals surface area contributed by atoms with Crippen LogP contribution in [0.5, 0.6) is 0 Å². The van der Waals surface area contributed by atoms with E-state index in [4.69, 9.17) is 28.8 Å². The minimum atomic E-state index is -0.0436. The van der Waals surface area contributed by atoms with Gasteiger partial charge in [0.2, 0.25) is 0 Å². The van der Waals surface area contributed by atoms with Crippen molar-refractivity contribution in [3.05, 3.63) is 77.3 Å². The van der Waals surface area contributed by atoms with E-state index < -0.39 is 0 Å². The molecule has 0 bridgehead atoms. The molecule has 1 saturated carbocycles. The highest BCUT2D eigenvalue weighted by atomic mass is 35.5. The fraction of sp³-hybridized carbons (Fsp3) is 0.467. The van der Waals surface area contributed by atoms with Gasteiger partial charge in [-0.05, 0) is 85.8 Å². The molecule has 1 aromatic carbocycles. The molecule has 37 heavy (non-hydrogen) atoms. The molecule has 7 heteroatoms. The van der Waals surface area contributed by atoms with Crippen molar-refractivity contribution < 1.29 is 0 Å². The van der Waals surface area contributed by atoms with Crippen LogP contribution in [-0.2, 0) is 0 Å². The number of halogens is 1. The van der Waals surface area contributed by atoms with Gasteiger partial charge in [0.1, 0.15) is 0 Å². The number of rotatable bonds is 5. The van der Waals surface area contributed by atoms with Crippen molar-refractivity contribution in [2.24, 2.45) is 5.92 Å². The molecule has 2 atom stereocenters. The molecule has 5 nitrogen and oxygen atoms in total. The van der Waals surface area contributed by atoms with Crippen LogP contribution in [0.4, 0.5) is 11.4 Å². The standard InChI is InChI=1S/C30H36ClN5S/c1-21-12-16-34(17-13-21)27-11-10-24(19-25(27)31)36-29(28(33-30(36)37)26-9-5-6-15-32-26)22-14-18-35(20-22)23-7-3-2-4-8-23/h5-6,9-11,14-15,18-21,23,28-29H,2-4,7-8,12-13,16-17H2,1H3,(H,33,37)/t28-,29+/m1/s1. The van der Waals surface area contributed by atoms with E-state index in [2.05, 4.69) is 69.3 Å². The fourth-order valence-corrected chi connectivity index (χ4v) is 6.98. The molecule has 3 fully saturated rings. The summed E-state index contributed by atoms with van der Waals surface area (Å²) in [4.78, 5) is 9.37. The number of hydrogen-bond acceptors (Lipinski definition) is 3. The monoisotopic (exact) mass is 533 g/mol. The van der Waals surface area contributed by atoms with E-state index in [1.165, 1.54) is 50.5 Å². The van der Waals surface area contributed by atoms with E-state index in [9.17, 15) is 0 Å². The summed E-state index contributed by atoms with van der Waals surface area (Å²) in [5.74, 6) is 0.785. The zero-order chi connectivity index (χ0) is 25.4. The lowest BCUT2D eigenvalue weighted by atomic mass is 9.95. The van der Waals surface area contributed by atoms with Gasteiger partial charge in [-0.25, -0.2) is 0 Å². The van der Waals surface area contributed by atoms with Crippen LogP contribution in [0.2, 0.25) is 5.02 Å². The molecule has 3 aliphatic rings. The maximum Gasteiger partial charge on any atom is 0.174 e. The second-order valence-electron chi connectivity index (χ2n) is 11.0. The van der Waals surface area contributed by atoms with Crippen molar-refractivity contribution >= 4 is 40.3 Å². The number of nitrogens with zero attached hydrogens (tertiary/aromatic N) is 4. The van der Waals surface area contributed by atoms with Gasteiger partial charge in [0.15, 0.2) is 5.11 Å². The smallest absolute Gasteiger partial charge is 0.174 e. The first-order valence-electron chi connectivity index (χ1n) is 13.8. The Balaban J connectivity index is 1.35. The predicted molar refractivity (Wildman–Crippen MR) is 157 cm³/mol. The molecule has 0 spiro atoms. The Labute approximate surface area is 230 Å². The Bertz CT molecular complexity index is 1230. The lowest BCUT2D eigenvalue weighted by Gasteiger charge is -2.33. The van der Waals surface area contributed by atoms with Crippen LogP contribution >= 0.6 is 23.8 Å². The molecular formula is C30H36ClN5S. The fourth-order valence-electron chi connectivity index (χ4n) is 6.34. The van der Waals surface area contributed by atoms with Crippen molar-refractivity contribution in [3.63, 3.8) is 0 Å². The molecule has 1 aliphatic carbocycles. The zero-order valence-electron chi connectivity index (χ0n) is 21.5. The summed E-state index contributed by atoms with van der Waals surface area (Å²) in [6.45, 7) is 4.45. The number of benzene rings is 1. The SMILES string of the molecule is CC1CCN(c2ccc(N3C(=S)N[C@H](c4ccccn4)[C@@H]3c3ccn(C4CCCCC4)c3)cc2Cl)CC1. The average molecular weight is 534 g/mol. The van der Waals surface area contributed by atoms with E-state index in [-0.39, 0.29) is 12.1 Å². The van der Waals surface area contributed by atoms with E-state index in [0.29, 0.717) is 11.2 Å². The molecular weight excluding hydrogens is 498 g/mol. The number of hydrogen-bond donors (Lipinski definition) is 1. The first-order chi connectivity index (χ1) is 18.1. The molecule has 1 N–H and O–H groups in total. The highest BCUT2D eigenvalue weighted by Crippen LogP contribution is 2.44. The Hall–Kier alpha value is -2.57. The van der Waals surface area contributed by atoms with Crippen molar-refractivity contribution in [1.82, 2.24) is 14.9 Å². The van der Waals surface area contributed by atoms with Crippen molar-refractivity contribution in [3.8, 4) is 0 Å². The van der Waals surface area contributed by atoms with Gasteiger partial charge >= 0.3 is 0 Å². The van der Waals surface area contributed by atoms with Crippen LogP contribution in [0.25, 0.3) is 0 Å². The second kappa shape index (κ2) is 10.7. The van der Waals surface area contributed by atoms with Crippen molar-refractivity contribution in [2.45, 2.75) is 70.0 Å². The first-order valence-corrected chi connectivity index (χ1v) is 14.6. The lowest BCUT2D eigenvalue weighted by Crippen LogP contribution is -2.33. The summed E-state index contributed by atoms with van der Waals surface area (Å²) < 4.78 is 2.43. The lowest BCUT2D eigenvalue weighted by molar-refractivity contribution is 0.353. The van der Waals surface area contributed by atoms with Crippen molar-refractivity contribution in [1.29, 1.82) is 0 Å².